The third-order valence-corrected chi connectivity index (χ3v) is 5.67. The van der Waals surface area contributed by atoms with E-state index < -0.39 is 5.54 Å². The minimum atomic E-state index is -0.719. The summed E-state index contributed by atoms with van der Waals surface area (Å²) in [5.41, 5.74) is -0.719. The number of hydrogen-bond acceptors (Lipinski definition) is 4. The molecule has 120 valence electrons. The fraction of sp³-hybridized carbons (Fsp3) is 0.867. The summed E-state index contributed by atoms with van der Waals surface area (Å²) in [6, 6.07) is -0.355. The number of thioether (sulfide) groups is 1. The van der Waals surface area contributed by atoms with Crippen molar-refractivity contribution in [2.75, 3.05) is 25.4 Å². The predicted molar refractivity (Wildman–Crippen MR) is 86.5 cm³/mol. The Kier molecular flexibility index (Phi) is 4.88. The Hall–Kier alpha value is -0.750. The first kappa shape index (κ1) is 16.6. The van der Waals surface area contributed by atoms with Gasteiger partial charge < -0.3 is 10.2 Å². The molecule has 2 N–H and O–H groups in total. The third kappa shape index (κ3) is 4.13. The van der Waals surface area contributed by atoms with Crippen molar-refractivity contribution in [1.29, 1.82) is 0 Å². The molecule has 2 fully saturated rings. The number of amides is 3. The Bertz CT molecular complexity index is 414. The molecule has 0 aliphatic carbocycles. The number of rotatable bonds is 4. The zero-order valence-electron chi connectivity index (χ0n) is 13.5. The Balaban J connectivity index is 1.78. The zero-order valence-corrected chi connectivity index (χ0v) is 14.3. The fourth-order valence-corrected chi connectivity index (χ4v) is 4.02. The number of nitrogens with one attached hydrogen (secondary N) is 2. The van der Waals surface area contributed by atoms with Crippen LogP contribution < -0.4 is 10.6 Å². The van der Waals surface area contributed by atoms with Gasteiger partial charge in [0.25, 0.3) is 5.91 Å². The molecule has 0 radical (unpaired) electrons. The molecule has 2 saturated heterocycles. The summed E-state index contributed by atoms with van der Waals surface area (Å²) < 4.78 is 0.317. The van der Waals surface area contributed by atoms with Gasteiger partial charge in [-0.25, -0.2) is 4.79 Å². The fourth-order valence-electron chi connectivity index (χ4n) is 3.06. The maximum absolute atomic E-state index is 12.0. The molecule has 0 saturated carbocycles. The lowest BCUT2D eigenvalue weighted by atomic mass is 9.79. The Labute approximate surface area is 131 Å². The van der Waals surface area contributed by atoms with Gasteiger partial charge >= 0.3 is 6.03 Å². The van der Waals surface area contributed by atoms with Crippen LogP contribution >= 0.6 is 11.8 Å². The van der Waals surface area contributed by atoms with Gasteiger partial charge in [0.1, 0.15) is 5.54 Å². The lowest BCUT2D eigenvalue weighted by molar-refractivity contribution is -0.125. The van der Waals surface area contributed by atoms with Crippen LogP contribution in [0.5, 0.6) is 0 Å². The van der Waals surface area contributed by atoms with Crippen LogP contribution in [0.15, 0.2) is 0 Å². The van der Waals surface area contributed by atoms with Crippen molar-refractivity contribution in [3.05, 3.63) is 0 Å². The molecule has 2 aliphatic heterocycles. The van der Waals surface area contributed by atoms with Gasteiger partial charge in [0.2, 0.25) is 0 Å². The Morgan fingerprint density at radius 3 is 2.38 bits per heavy atom. The van der Waals surface area contributed by atoms with Crippen molar-refractivity contribution in [3.63, 3.8) is 0 Å². The second kappa shape index (κ2) is 6.16. The maximum atomic E-state index is 12.0. The zero-order chi connectivity index (χ0) is 15.7. The average Bonchev–Trinajstić information content (AvgIpc) is 2.63. The molecule has 2 aliphatic rings. The highest BCUT2D eigenvalue weighted by Gasteiger charge is 2.48. The largest absolute Gasteiger partial charge is 0.323 e. The van der Waals surface area contributed by atoms with Gasteiger partial charge in [-0.3, -0.25) is 10.1 Å². The molecule has 1 atom stereocenters. The van der Waals surface area contributed by atoms with E-state index in [1.165, 1.54) is 0 Å². The summed E-state index contributed by atoms with van der Waals surface area (Å²) in [6.07, 6.45) is 1.93. The van der Waals surface area contributed by atoms with Crippen LogP contribution in [-0.4, -0.2) is 52.5 Å². The van der Waals surface area contributed by atoms with E-state index in [1.807, 2.05) is 18.7 Å². The molecule has 0 aromatic heterocycles. The van der Waals surface area contributed by atoms with Crippen LogP contribution in [0.1, 0.15) is 40.5 Å². The number of piperidine rings is 1. The lowest BCUT2D eigenvalue weighted by Crippen LogP contribution is -2.53. The highest BCUT2D eigenvalue weighted by molar-refractivity contribution is 8.00. The molecule has 3 amide bonds. The first-order valence-corrected chi connectivity index (χ1v) is 8.69. The number of nitrogens with zero attached hydrogens (tertiary/aromatic N) is 1. The third-order valence-electron chi connectivity index (χ3n) is 4.42. The lowest BCUT2D eigenvalue weighted by Gasteiger charge is -2.38. The van der Waals surface area contributed by atoms with Crippen LogP contribution in [0.3, 0.4) is 0 Å². The molecule has 0 spiro atoms. The molecule has 21 heavy (non-hydrogen) atoms. The van der Waals surface area contributed by atoms with Crippen molar-refractivity contribution in [2.45, 2.75) is 50.8 Å². The summed E-state index contributed by atoms with van der Waals surface area (Å²) in [7, 11) is 0. The van der Waals surface area contributed by atoms with E-state index in [0.29, 0.717) is 4.75 Å². The Morgan fingerprint density at radius 2 is 1.90 bits per heavy atom. The van der Waals surface area contributed by atoms with Crippen LogP contribution in [0.2, 0.25) is 0 Å². The normalized spacial score (nSPS) is 28.6. The van der Waals surface area contributed by atoms with Gasteiger partial charge in [-0.1, -0.05) is 20.8 Å². The van der Waals surface area contributed by atoms with E-state index in [9.17, 15) is 9.59 Å². The first-order valence-electron chi connectivity index (χ1n) is 7.70. The van der Waals surface area contributed by atoms with E-state index in [-0.39, 0.29) is 17.9 Å². The number of likely N-dealkylation sites (tertiary alicyclic amines) is 1. The van der Waals surface area contributed by atoms with Crippen LogP contribution in [0, 0.1) is 5.92 Å². The van der Waals surface area contributed by atoms with Gasteiger partial charge in [-0.05, 0) is 38.8 Å². The number of carbonyl (C=O) groups excluding carboxylic acids is 2. The second-order valence-electron chi connectivity index (χ2n) is 7.19. The molecule has 2 rings (SSSR count). The number of hydrogen-bond donors (Lipinski definition) is 2. The van der Waals surface area contributed by atoms with E-state index in [0.717, 1.165) is 38.2 Å². The standard InChI is InChI=1S/C15H27N3O2S/c1-14(2,3)21-10-9-18-7-5-11(6-8-18)15(4)12(19)16-13(20)17-15/h11H,5-10H2,1-4H3,(H2,16,17,19,20). The Morgan fingerprint density at radius 1 is 1.29 bits per heavy atom. The summed E-state index contributed by atoms with van der Waals surface area (Å²) in [4.78, 5) is 25.8. The van der Waals surface area contributed by atoms with Gasteiger partial charge in [-0.2, -0.15) is 11.8 Å². The molecule has 5 nitrogen and oxygen atoms in total. The summed E-state index contributed by atoms with van der Waals surface area (Å²) in [6.45, 7) is 11.7. The predicted octanol–water partition coefficient (Wildman–Crippen LogP) is 1.83. The molecule has 2 heterocycles. The van der Waals surface area contributed by atoms with Crippen molar-refractivity contribution >= 4 is 23.7 Å². The monoisotopic (exact) mass is 313 g/mol. The van der Waals surface area contributed by atoms with Crippen molar-refractivity contribution < 1.29 is 9.59 Å². The minimum absolute atomic E-state index is 0.172. The van der Waals surface area contributed by atoms with Crippen molar-refractivity contribution in [1.82, 2.24) is 15.5 Å². The molecular formula is C15H27N3O2S. The molecule has 0 aromatic carbocycles. The van der Waals surface area contributed by atoms with E-state index in [2.05, 4.69) is 36.3 Å². The van der Waals surface area contributed by atoms with E-state index >= 15 is 0 Å². The van der Waals surface area contributed by atoms with Gasteiger partial charge in [-0.15, -0.1) is 0 Å². The van der Waals surface area contributed by atoms with Crippen LogP contribution in [0.25, 0.3) is 0 Å². The number of carbonyl (C=O) groups is 2. The maximum Gasteiger partial charge on any atom is 0.322 e. The molecule has 0 aromatic rings. The van der Waals surface area contributed by atoms with Gasteiger partial charge in [0.15, 0.2) is 0 Å². The minimum Gasteiger partial charge on any atom is -0.323 e. The molecule has 1 unspecified atom stereocenters. The quantitative estimate of drug-likeness (QED) is 0.777. The molecular weight excluding hydrogens is 286 g/mol. The average molecular weight is 313 g/mol. The SMILES string of the molecule is CC(C)(C)SCCN1CCC(C2(C)NC(=O)NC2=O)CC1. The summed E-state index contributed by atoms with van der Waals surface area (Å²) >= 11 is 1.99. The summed E-state index contributed by atoms with van der Waals surface area (Å²) in [5, 5.41) is 5.17. The van der Waals surface area contributed by atoms with E-state index in [4.69, 9.17) is 0 Å². The second-order valence-corrected chi connectivity index (χ2v) is 9.11. The molecule has 0 bridgehead atoms. The number of imide groups is 1. The van der Waals surface area contributed by atoms with Gasteiger partial charge in [0.05, 0.1) is 0 Å². The van der Waals surface area contributed by atoms with Gasteiger partial charge in [0, 0.05) is 17.0 Å². The first-order chi connectivity index (χ1) is 9.71. The van der Waals surface area contributed by atoms with Crippen LogP contribution in [-0.2, 0) is 4.79 Å². The smallest absolute Gasteiger partial charge is 0.322 e. The van der Waals surface area contributed by atoms with Crippen molar-refractivity contribution in [3.8, 4) is 0 Å². The molecule has 6 heteroatoms. The highest BCUT2D eigenvalue weighted by Crippen LogP contribution is 2.31. The highest BCUT2D eigenvalue weighted by atomic mass is 32.2. The number of urea groups is 1. The summed E-state index contributed by atoms with van der Waals surface area (Å²) in [5.74, 6) is 1.20. The van der Waals surface area contributed by atoms with Crippen LogP contribution in [0.4, 0.5) is 4.79 Å². The topological polar surface area (TPSA) is 61.4 Å². The van der Waals surface area contributed by atoms with E-state index in [1.54, 1.807) is 0 Å². The van der Waals surface area contributed by atoms with Crippen molar-refractivity contribution in [2.24, 2.45) is 5.92 Å².